The van der Waals surface area contributed by atoms with Gasteiger partial charge in [-0.25, -0.2) is 0 Å². The van der Waals surface area contributed by atoms with Crippen LogP contribution in [-0.4, -0.2) is 26.4 Å². The summed E-state index contributed by atoms with van der Waals surface area (Å²) in [7, 11) is 0. The van der Waals surface area contributed by atoms with E-state index in [-0.39, 0.29) is 11.7 Å². The van der Waals surface area contributed by atoms with Crippen LogP contribution < -0.4 is 10.1 Å². The van der Waals surface area contributed by atoms with Gasteiger partial charge in [-0.3, -0.25) is 4.79 Å². The number of hydrogen-bond donors (Lipinski definition) is 1. The second kappa shape index (κ2) is 9.80. The number of hydrogen-bond acceptors (Lipinski definition) is 5. The number of ether oxygens (including phenoxy) is 1. The molecule has 0 aliphatic rings. The Morgan fingerprint density at radius 2 is 1.90 bits per heavy atom. The van der Waals surface area contributed by atoms with Crippen molar-refractivity contribution in [1.82, 2.24) is 14.8 Å². The molecule has 0 spiro atoms. The topological polar surface area (TPSA) is 69.0 Å². The fourth-order valence-corrected chi connectivity index (χ4v) is 3.98. The average molecular weight is 425 g/mol. The molecule has 3 rings (SSSR count). The van der Waals surface area contributed by atoms with Gasteiger partial charge in [0.25, 0.3) is 0 Å². The molecule has 1 amide bonds. The van der Waals surface area contributed by atoms with E-state index in [2.05, 4.69) is 28.5 Å². The predicted octanol–water partition coefficient (Wildman–Crippen LogP) is 4.84. The van der Waals surface area contributed by atoms with E-state index in [0.717, 1.165) is 34.0 Å². The predicted molar refractivity (Wildman–Crippen MR) is 121 cm³/mol. The lowest BCUT2D eigenvalue weighted by Gasteiger charge is -2.11. The van der Waals surface area contributed by atoms with Gasteiger partial charge in [-0.15, -0.1) is 10.2 Å². The molecule has 30 heavy (non-hydrogen) atoms. The summed E-state index contributed by atoms with van der Waals surface area (Å²) in [6, 6.07) is 12.0. The van der Waals surface area contributed by atoms with Crippen LogP contribution in [0.4, 0.5) is 5.69 Å². The van der Waals surface area contributed by atoms with Gasteiger partial charge in [0.1, 0.15) is 12.4 Å². The molecule has 0 bridgehead atoms. The van der Waals surface area contributed by atoms with Crippen molar-refractivity contribution in [2.75, 3.05) is 11.1 Å². The summed E-state index contributed by atoms with van der Waals surface area (Å²) in [6.45, 7) is 11.2. The molecule has 2 aromatic carbocycles. The van der Waals surface area contributed by atoms with Gasteiger partial charge in [0.2, 0.25) is 5.91 Å². The molecule has 0 saturated heterocycles. The summed E-state index contributed by atoms with van der Waals surface area (Å²) in [5, 5.41) is 12.2. The molecule has 158 valence electrons. The molecular weight excluding hydrogens is 396 g/mol. The van der Waals surface area contributed by atoms with Gasteiger partial charge in [0, 0.05) is 12.2 Å². The highest BCUT2D eigenvalue weighted by Gasteiger charge is 2.15. The summed E-state index contributed by atoms with van der Waals surface area (Å²) in [5.74, 6) is 1.79. The molecule has 0 unspecified atom stereocenters. The number of rotatable bonds is 8. The van der Waals surface area contributed by atoms with Gasteiger partial charge in [-0.05, 0) is 63.4 Å². The molecule has 0 radical (unpaired) electrons. The van der Waals surface area contributed by atoms with Crippen LogP contribution in [0.2, 0.25) is 0 Å². The van der Waals surface area contributed by atoms with E-state index in [1.807, 2.05) is 62.6 Å². The fraction of sp³-hybridized carbons (Fsp3) is 0.348. The molecule has 1 N–H and O–H groups in total. The number of benzene rings is 2. The molecular formula is C23H28N4O2S. The normalized spacial score (nSPS) is 10.8. The Balaban J connectivity index is 1.61. The first-order valence-electron chi connectivity index (χ1n) is 10.00. The van der Waals surface area contributed by atoms with Gasteiger partial charge < -0.3 is 14.6 Å². The Morgan fingerprint density at radius 3 is 2.63 bits per heavy atom. The van der Waals surface area contributed by atoms with E-state index in [4.69, 9.17) is 4.74 Å². The molecule has 0 atom stereocenters. The van der Waals surface area contributed by atoms with Crippen molar-refractivity contribution in [2.45, 2.75) is 52.9 Å². The number of nitrogens with one attached hydrogen (secondary N) is 1. The maximum atomic E-state index is 12.4. The van der Waals surface area contributed by atoms with Crippen LogP contribution in [0.3, 0.4) is 0 Å². The van der Waals surface area contributed by atoms with Crippen LogP contribution in [0.25, 0.3) is 0 Å². The number of thioether (sulfide) groups is 1. The minimum absolute atomic E-state index is 0.0626. The average Bonchev–Trinajstić information content (AvgIpc) is 3.11. The number of aryl methyl sites for hydroxylation is 3. The maximum absolute atomic E-state index is 12.4. The highest BCUT2D eigenvalue weighted by molar-refractivity contribution is 7.99. The van der Waals surface area contributed by atoms with E-state index >= 15 is 0 Å². The van der Waals surface area contributed by atoms with Crippen LogP contribution >= 0.6 is 11.8 Å². The Kier molecular flexibility index (Phi) is 7.15. The summed E-state index contributed by atoms with van der Waals surface area (Å²) >= 11 is 1.38. The standard InChI is InChI=1S/C23H28N4O2S/c1-6-27-21(13-29-20-11-10-15(2)12-17(20)4)25-26-23(27)30-14-22(28)24-19-9-7-8-16(3)18(19)5/h7-12H,6,13-14H2,1-5H3,(H,24,28). The van der Waals surface area contributed by atoms with Gasteiger partial charge in [0.05, 0.1) is 5.75 Å². The van der Waals surface area contributed by atoms with Crippen molar-refractivity contribution >= 4 is 23.4 Å². The molecule has 0 aliphatic heterocycles. The third-order valence-corrected chi connectivity index (χ3v) is 5.97. The summed E-state index contributed by atoms with van der Waals surface area (Å²) in [4.78, 5) is 12.4. The minimum Gasteiger partial charge on any atom is -0.485 e. The molecule has 0 fully saturated rings. The Labute approximate surface area is 182 Å². The van der Waals surface area contributed by atoms with E-state index < -0.39 is 0 Å². The molecule has 0 aliphatic carbocycles. The monoisotopic (exact) mass is 424 g/mol. The lowest BCUT2D eigenvalue weighted by atomic mass is 10.1. The van der Waals surface area contributed by atoms with Crippen molar-refractivity contribution in [3.63, 3.8) is 0 Å². The second-order valence-electron chi connectivity index (χ2n) is 7.29. The molecule has 1 heterocycles. The number of aromatic nitrogens is 3. The van der Waals surface area contributed by atoms with E-state index in [0.29, 0.717) is 18.3 Å². The summed E-state index contributed by atoms with van der Waals surface area (Å²) in [6.07, 6.45) is 0. The molecule has 6 nitrogen and oxygen atoms in total. The van der Waals surface area contributed by atoms with Crippen molar-refractivity contribution < 1.29 is 9.53 Å². The van der Waals surface area contributed by atoms with Gasteiger partial charge in [-0.2, -0.15) is 0 Å². The summed E-state index contributed by atoms with van der Waals surface area (Å²) < 4.78 is 7.94. The quantitative estimate of drug-likeness (QED) is 0.524. The number of nitrogens with zero attached hydrogens (tertiary/aromatic N) is 3. The number of anilines is 1. The van der Waals surface area contributed by atoms with Crippen molar-refractivity contribution in [1.29, 1.82) is 0 Å². The highest BCUT2D eigenvalue weighted by atomic mass is 32.2. The first-order chi connectivity index (χ1) is 14.4. The van der Waals surface area contributed by atoms with Crippen LogP contribution in [0.15, 0.2) is 41.6 Å². The minimum atomic E-state index is -0.0626. The zero-order valence-electron chi connectivity index (χ0n) is 18.2. The van der Waals surface area contributed by atoms with Gasteiger partial charge >= 0.3 is 0 Å². The Morgan fingerprint density at radius 1 is 1.10 bits per heavy atom. The molecule has 1 aromatic heterocycles. The van der Waals surface area contributed by atoms with Crippen LogP contribution in [-0.2, 0) is 17.9 Å². The smallest absolute Gasteiger partial charge is 0.234 e. The number of carbonyl (C=O) groups excluding carboxylic acids is 1. The Bertz CT molecular complexity index is 1050. The third kappa shape index (κ3) is 5.21. The first kappa shape index (κ1) is 21.9. The Hall–Kier alpha value is -2.80. The molecule has 3 aromatic rings. The van der Waals surface area contributed by atoms with Crippen molar-refractivity contribution in [3.8, 4) is 5.75 Å². The molecule has 7 heteroatoms. The van der Waals surface area contributed by atoms with Crippen LogP contribution in [0.5, 0.6) is 5.75 Å². The SMILES string of the molecule is CCn1c(COc2ccc(C)cc2C)nnc1SCC(=O)Nc1cccc(C)c1C. The van der Waals surface area contributed by atoms with E-state index in [1.54, 1.807) is 0 Å². The van der Waals surface area contributed by atoms with E-state index in [9.17, 15) is 4.79 Å². The molecule has 0 saturated carbocycles. The zero-order chi connectivity index (χ0) is 21.7. The number of carbonyl (C=O) groups is 1. The van der Waals surface area contributed by atoms with Crippen molar-refractivity contribution in [3.05, 3.63) is 64.5 Å². The maximum Gasteiger partial charge on any atom is 0.234 e. The van der Waals surface area contributed by atoms with Gasteiger partial charge in [-0.1, -0.05) is 41.6 Å². The number of amides is 1. The third-order valence-electron chi connectivity index (χ3n) is 5.01. The zero-order valence-corrected chi connectivity index (χ0v) is 19.0. The van der Waals surface area contributed by atoms with Crippen LogP contribution in [0, 0.1) is 27.7 Å². The summed E-state index contributed by atoms with van der Waals surface area (Å²) in [5.41, 5.74) is 5.38. The highest BCUT2D eigenvalue weighted by Crippen LogP contribution is 2.23. The second-order valence-corrected chi connectivity index (χ2v) is 8.23. The van der Waals surface area contributed by atoms with E-state index in [1.165, 1.54) is 17.3 Å². The largest absolute Gasteiger partial charge is 0.485 e. The lowest BCUT2D eigenvalue weighted by molar-refractivity contribution is -0.113. The fourth-order valence-electron chi connectivity index (χ4n) is 3.16. The van der Waals surface area contributed by atoms with Crippen molar-refractivity contribution in [2.24, 2.45) is 0 Å². The van der Waals surface area contributed by atoms with Gasteiger partial charge in [0.15, 0.2) is 11.0 Å². The lowest BCUT2D eigenvalue weighted by Crippen LogP contribution is -2.16. The first-order valence-corrected chi connectivity index (χ1v) is 11.0. The van der Waals surface area contributed by atoms with Crippen LogP contribution in [0.1, 0.15) is 35.0 Å².